The summed E-state index contributed by atoms with van der Waals surface area (Å²) in [6.45, 7) is 0.201. The van der Waals surface area contributed by atoms with E-state index in [1.165, 1.54) is 37.4 Å². The molecule has 0 spiro atoms. The van der Waals surface area contributed by atoms with Crippen LogP contribution in [0.25, 0.3) is 0 Å². The van der Waals surface area contributed by atoms with Crippen LogP contribution in [0.3, 0.4) is 0 Å². The number of sulfonamides is 1. The van der Waals surface area contributed by atoms with Gasteiger partial charge >= 0.3 is 6.09 Å². The lowest BCUT2D eigenvalue weighted by Gasteiger charge is -2.23. The molecule has 3 rings (SSSR count). The van der Waals surface area contributed by atoms with Crippen molar-refractivity contribution in [3.05, 3.63) is 41.3 Å². The van der Waals surface area contributed by atoms with E-state index in [2.05, 4.69) is 10.1 Å². The first-order valence-corrected chi connectivity index (χ1v) is 11.5. The zero-order valence-corrected chi connectivity index (χ0v) is 18.4. The first kappa shape index (κ1) is 22.7. The van der Waals surface area contributed by atoms with Crippen molar-refractivity contribution in [2.24, 2.45) is 0 Å². The van der Waals surface area contributed by atoms with E-state index in [4.69, 9.17) is 4.74 Å². The number of hydrogen-bond donors (Lipinski definition) is 2. The Labute approximate surface area is 183 Å². The third-order valence-electron chi connectivity index (χ3n) is 4.72. The van der Waals surface area contributed by atoms with Crippen LogP contribution in [0.15, 0.2) is 40.6 Å². The molecule has 2 aromatic rings. The Morgan fingerprint density at radius 1 is 1.13 bits per heavy atom. The normalized spacial score (nSPS) is 16.5. The van der Waals surface area contributed by atoms with Crippen molar-refractivity contribution < 1.29 is 32.3 Å². The van der Waals surface area contributed by atoms with Crippen LogP contribution in [0.1, 0.15) is 23.2 Å². The Morgan fingerprint density at radius 3 is 2.48 bits per heavy atom. The van der Waals surface area contributed by atoms with E-state index < -0.39 is 34.0 Å². The minimum absolute atomic E-state index is 0.0577. The van der Waals surface area contributed by atoms with Gasteiger partial charge in [-0.05, 0) is 48.6 Å². The topological polar surface area (TPSA) is 131 Å². The highest BCUT2D eigenvalue weighted by molar-refractivity contribution is 7.89. The lowest BCUT2D eigenvalue weighted by atomic mass is 10.2. The summed E-state index contributed by atoms with van der Waals surface area (Å²) >= 11 is 1.08. The number of nitrogens with one attached hydrogen (secondary N) is 2. The Hall–Kier alpha value is -2.96. The van der Waals surface area contributed by atoms with Crippen molar-refractivity contribution in [3.63, 3.8) is 0 Å². The number of benzene rings is 1. The maximum absolute atomic E-state index is 13.1. The van der Waals surface area contributed by atoms with Crippen LogP contribution in [0.2, 0.25) is 0 Å². The van der Waals surface area contributed by atoms with Gasteiger partial charge in [-0.15, -0.1) is 11.3 Å². The van der Waals surface area contributed by atoms with Gasteiger partial charge in [0.2, 0.25) is 15.9 Å². The summed E-state index contributed by atoms with van der Waals surface area (Å²) in [5.74, 6) is -0.771. The van der Waals surface area contributed by atoms with Crippen LogP contribution >= 0.6 is 11.3 Å². The van der Waals surface area contributed by atoms with Crippen LogP contribution < -0.4 is 15.4 Å². The van der Waals surface area contributed by atoms with Gasteiger partial charge in [-0.25, -0.2) is 13.2 Å². The minimum atomic E-state index is -3.90. The SMILES string of the molecule is COC(=O)NC(=O)c1ccsc1NC(=O)C1CCCN1S(=O)(=O)c1ccc(OC)cc1. The first-order chi connectivity index (χ1) is 14.8. The van der Waals surface area contributed by atoms with Crippen LogP contribution in [0, 0.1) is 0 Å². The molecule has 1 aliphatic heterocycles. The van der Waals surface area contributed by atoms with Gasteiger partial charge in [-0.2, -0.15) is 4.31 Å². The molecule has 0 bridgehead atoms. The number of alkyl carbamates (subject to hydrolysis) is 1. The molecule has 12 heteroatoms. The first-order valence-electron chi connectivity index (χ1n) is 9.21. The molecule has 31 heavy (non-hydrogen) atoms. The fourth-order valence-corrected chi connectivity index (χ4v) is 5.61. The summed E-state index contributed by atoms with van der Waals surface area (Å²) in [6.07, 6.45) is -0.0646. The van der Waals surface area contributed by atoms with Gasteiger partial charge in [0.15, 0.2) is 0 Å². The van der Waals surface area contributed by atoms with Crippen molar-refractivity contribution in [2.75, 3.05) is 26.1 Å². The largest absolute Gasteiger partial charge is 0.497 e. The number of ether oxygens (including phenoxy) is 2. The molecule has 2 N–H and O–H groups in total. The fourth-order valence-electron chi connectivity index (χ4n) is 3.16. The number of carbonyl (C=O) groups excluding carboxylic acids is 3. The average molecular weight is 468 g/mol. The van der Waals surface area contributed by atoms with Crippen LogP contribution in [-0.2, 0) is 19.6 Å². The molecule has 10 nitrogen and oxygen atoms in total. The average Bonchev–Trinajstić information content (AvgIpc) is 3.43. The van der Waals surface area contributed by atoms with Crippen LogP contribution in [0.4, 0.5) is 9.80 Å². The number of imide groups is 1. The minimum Gasteiger partial charge on any atom is -0.497 e. The quantitative estimate of drug-likeness (QED) is 0.665. The van der Waals surface area contributed by atoms with E-state index in [1.54, 1.807) is 5.38 Å². The summed E-state index contributed by atoms with van der Waals surface area (Å²) in [4.78, 5) is 36.4. The summed E-state index contributed by atoms with van der Waals surface area (Å²) in [6, 6.07) is 6.45. The van der Waals surface area contributed by atoms with Crippen molar-refractivity contribution in [1.29, 1.82) is 0 Å². The Kier molecular flexibility index (Phi) is 6.93. The zero-order valence-electron chi connectivity index (χ0n) is 16.8. The lowest BCUT2D eigenvalue weighted by molar-refractivity contribution is -0.119. The number of methoxy groups -OCH3 is 2. The predicted octanol–water partition coefficient (Wildman–Crippen LogP) is 2.04. The second-order valence-electron chi connectivity index (χ2n) is 6.55. The van der Waals surface area contributed by atoms with E-state index in [9.17, 15) is 22.8 Å². The molecule has 1 aliphatic rings. The molecule has 1 atom stereocenters. The maximum atomic E-state index is 13.1. The second-order valence-corrected chi connectivity index (χ2v) is 9.35. The Bertz CT molecular complexity index is 1080. The van der Waals surface area contributed by atoms with Gasteiger partial charge in [-0.1, -0.05) is 0 Å². The Morgan fingerprint density at radius 2 is 1.84 bits per heavy atom. The third-order valence-corrected chi connectivity index (χ3v) is 7.47. The highest BCUT2D eigenvalue weighted by Crippen LogP contribution is 2.29. The van der Waals surface area contributed by atoms with E-state index in [1.807, 2.05) is 5.32 Å². The van der Waals surface area contributed by atoms with Gasteiger partial charge in [0.25, 0.3) is 5.91 Å². The number of amides is 3. The van der Waals surface area contributed by atoms with Gasteiger partial charge in [0.1, 0.15) is 16.8 Å². The summed E-state index contributed by atoms with van der Waals surface area (Å²) in [5.41, 5.74) is 0.0753. The number of rotatable bonds is 6. The van der Waals surface area contributed by atoms with Gasteiger partial charge in [0, 0.05) is 6.54 Å². The molecule has 3 amide bonds. The maximum Gasteiger partial charge on any atom is 0.413 e. The number of nitrogens with zero attached hydrogens (tertiary/aromatic N) is 1. The predicted molar refractivity (Wildman–Crippen MR) is 113 cm³/mol. The molecular formula is C19H21N3O7S2. The molecule has 0 radical (unpaired) electrons. The van der Waals surface area contributed by atoms with Gasteiger partial charge < -0.3 is 14.8 Å². The monoisotopic (exact) mass is 467 g/mol. The van der Waals surface area contributed by atoms with E-state index in [0.717, 1.165) is 22.8 Å². The molecule has 166 valence electrons. The molecule has 0 aliphatic carbocycles. The number of carbonyl (C=O) groups is 3. The summed E-state index contributed by atoms with van der Waals surface area (Å²) < 4.78 is 36.8. The number of hydrogen-bond acceptors (Lipinski definition) is 8. The number of anilines is 1. The van der Waals surface area contributed by atoms with E-state index >= 15 is 0 Å². The van der Waals surface area contributed by atoms with Gasteiger partial charge in [0.05, 0.1) is 24.7 Å². The van der Waals surface area contributed by atoms with Crippen molar-refractivity contribution in [2.45, 2.75) is 23.8 Å². The molecule has 1 fully saturated rings. The summed E-state index contributed by atoms with van der Waals surface area (Å²) in [7, 11) is -1.30. The third kappa shape index (κ3) is 4.86. The van der Waals surface area contributed by atoms with E-state index in [-0.39, 0.29) is 22.0 Å². The van der Waals surface area contributed by atoms with Crippen molar-refractivity contribution in [3.8, 4) is 5.75 Å². The lowest BCUT2D eigenvalue weighted by Crippen LogP contribution is -2.43. The smallest absolute Gasteiger partial charge is 0.413 e. The molecule has 2 heterocycles. The second kappa shape index (κ2) is 9.45. The molecule has 1 aromatic carbocycles. The van der Waals surface area contributed by atoms with Gasteiger partial charge in [-0.3, -0.25) is 14.9 Å². The highest BCUT2D eigenvalue weighted by Gasteiger charge is 2.39. The highest BCUT2D eigenvalue weighted by atomic mass is 32.2. The van der Waals surface area contributed by atoms with E-state index in [0.29, 0.717) is 18.6 Å². The molecular weight excluding hydrogens is 446 g/mol. The number of thiophene rings is 1. The standard InChI is InChI=1S/C19H21N3O7S2/c1-28-12-5-7-13(8-6-12)31(26,27)22-10-3-4-15(22)17(24)20-18-14(9-11-30-18)16(23)21-19(25)29-2/h5-9,11,15H,3-4,10H2,1-2H3,(H,20,24)(H,21,23,25). The molecule has 1 saturated heterocycles. The zero-order chi connectivity index (χ0) is 22.6. The molecule has 1 aromatic heterocycles. The van der Waals surface area contributed by atoms with Crippen LogP contribution in [-0.4, -0.2) is 57.4 Å². The summed E-state index contributed by atoms with van der Waals surface area (Å²) in [5, 5.41) is 6.41. The van der Waals surface area contributed by atoms with Crippen molar-refractivity contribution >= 4 is 44.3 Å². The van der Waals surface area contributed by atoms with Crippen molar-refractivity contribution in [1.82, 2.24) is 9.62 Å². The molecule has 1 unspecified atom stereocenters. The Balaban J connectivity index is 1.77. The van der Waals surface area contributed by atoms with Crippen LogP contribution in [0.5, 0.6) is 5.75 Å². The molecule has 0 saturated carbocycles. The fraction of sp³-hybridized carbons (Fsp3) is 0.316.